The summed E-state index contributed by atoms with van der Waals surface area (Å²) in [5.74, 6) is -2.19. The van der Waals surface area contributed by atoms with Gasteiger partial charge in [-0.25, -0.2) is 9.37 Å². The van der Waals surface area contributed by atoms with Crippen LogP contribution in [0.15, 0.2) is 41.3 Å². The topological polar surface area (TPSA) is 102 Å². The molecule has 0 aliphatic heterocycles. The number of nitrogens with two attached hydrogens (primary N) is 1. The molecule has 0 fully saturated rings. The zero-order chi connectivity index (χ0) is 23.6. The van der Waals surface area contributed by atoms with Gasteiger partial charge >= 0.3 is 6.18 Å². The van der Waals surface area contributed by atoms with Gasteiger partial charge < -0.3 is 10.7 Å². The highest BCUT2D eigenvalue weighted by atomic mass is 35.5. The molecule has 168 valence electrons. The van der Waals surface area contributed by atoms with E-state index < -0.39 is 35.1 Å². The number of H-pyrrole nitrogens is 1. The van der Waals surface area contributed by atoms with E-state index in [-0.39, 0.29) is 39.7 Å². The van der Waals surface area contributed by atoms with E-state index in [0.29, 0.717) is 6.42 Å². The number of hydrogen-bond donors (Lipinski definition) is 2. The highest BCUT2D eigenvalue weighted by molar-refractivity contribution is 6.33. The van der Waals surface area contributed by atoms with Crippen molar-refractivity contribution in [1.29, 1.82) is 0 Å². The molecular weight excluding hydrogens is 452 g/mol. The van der Waals surface area contributed by atoms with Crippen molar-refractivity contribution in [3.05, 3.63) is 69.0 Å². The van der Waals surface area contributed by atoms with Crippen LogP contribution in [0.2, 0.25) is 5.02 Å². The molecular formula is C21H17ClF4N4O2. The normalized spacial score (nSPS) is 12.6. The predicted molar refractivity (Wildman–Crippen MR) is 110 cm³/mol. The highest BCUT2D eigenvalue weighted by Gasteiger charge is 2.32. The second kappa shape index (κ2) is 9.07. The molecule has 32 heavy (non-hydrogen) atoms. The summed E-state index contributed by atoms with van der Waals surface area (Å²) in [5.41, 5.74) is 3.62. The summed E-state index contributed by atoms with van der Waals surface area (Å²) < 4.78 is 53.5. The van der Waals surface area contributed by atoms with Gasteiger partial charge in [0.1, 0.15) is 17.3 Å². The number of carbonyl (C=O) groups is 1. The lowest BCUT2D eigenvalue weighted by molar-refractivity contribution is -0.141. The molecule has 0 aliphatic rings. The van der Waals surface area contributed by atoms with Crippen molar-refractivity contribution in [2.75, 3.05) is 0 Å². The number of nitrogens with one attached hydrogen (secondary N) is 1. The Bertz CT molecular complexity index is 1210. The number of hydrogen-bond acceptors (Lipinski definition) is 4. The zero-order valence-electron chi connectivity index (χ0n) is 16.6. The molecule has 3 N–H and O–H groups in total. The van der Waals surface area contributed by atoms with Gasteiger partial charge in [-0.2, -0.15) is 13.2 Å². The first kappa shape index (κ1) is 23.4. The molecule has 1 aromatic carbocycles. The molecule has 1 atom stereocenters. The second-order valence-corrected chi connectivity index (χ2v) is 7.42. The number of primary amides is 1. The molecule has 2 aromatic heterocycles. The summed E-state index contributed by atoms with van der Waals surface area (Å²) in [6.07, 6.45) is -3.28. The Morgan fingerprint density at radius 3 is 2.53 bits per heavy atom. The maximum absolute atomic E-state index is 15.3. The van der Waals surface area contributed by atoms with Crippen LogP contribution in [0.25, 0.3) is 22.6 Å². The number of rotatable bonds is 6. The quantitative estimate of drug-likeness (QED) is 0.524. The molecule has 0 aliphatic carbocycles. The van der Waals surface area contributed by atoms with Gasteiger partial charge in [-0.3, -0.25) is 14.6 Å². The summed E-state index contributed by atoms with van der Waals surface area (Å²) in [4.78, 5) is 33.6. The average molecular weight is 469 g/mol. The number of pyridine rings is 1. The van der Waals surface area contributed by atoms with Crippen molar-refractivity contribution in [1.82, 2.24) is 15.0 Å². The number of aromatic amines is 1. The fourth-order valence-electron chi connectivity index (χ4n) is 3.12. The molecule has 0 saturated heterocycles. The van der Waals surface area contributed by atoms with Crippen LogP contribution in [0.4, 0.5) is 17.6 Å². The smallest absolute Gasteiger partial charge is 0.369 e. The van der Waals surface area contributed by atoms with Crippen LogP contribution in [0.1, 0.15) is 24.6 Å². The van der Waals surface area contributed by atoms with E-state index >= 15 is 4.39 Å². The lowest BCUT2D eigenvalue weighted by Gasteiger charge is -2.14. The summed E-state index contributed by atoms with van der Waals surface area (Å²) in [6, 6.07) is 5.71. The van der Waals surface area contributed by atoms with Crippen LogP contribution >= 0.6 is 11.6 Å². The van der Waals surface area contributed by atoms with E-state index in [2.05, 4.69) is 15.0 Å². The van der Waals surface area contributed by atoms with Crippen LogP contribution < -0.4 is 11.3 Å². The van der Waals surface area contributed by atoms with E-state index in [4.69, 9.17) is 17.3 Å². The molecule has 0 saturated carbocycles. The van der Waals surface area contributed by atoms with Crippen LogP contribution in [0.5, 0.6) is 0 Å². The summed E-state index contributed by atoms with van der Waals surface area (Å²) in [7, 11) is 0. The van der Waals surface area contributed by atoms with Crippen molar-refractivity contribution < 1.29 is 22.4 Å². The monoisotopic (exact) mass is 468 g/mol. The summed E-state index contributed by atoms with van der Waals surface area (Å²) in [6.45, 7) is 1.74. The molecule has 11 heteroatoms. The Balaban J connectivity index is 2.07. The molecule has 0 bridgehead atoms. The number of halogens is 5. The number of amides is 1. The predicted octanol–water partition coefficient (Wildman–Crippen LogP) is 4.36. The largest absolute Gasteiger partial charge is 0.433 e. The molecule has 3 rings (SSSR count). The van der Waals surface area contributed by atoms with E-state index in [1.807, 2.05) is 0 Å². The third kappa shape index (κ3) is 4.96. The van der Waals surface area contributed by atoms with E-state index in [1.54, 1.807) is 6.92 Å². The van der Waals surface area contributed by atoms with Crippen LogP contribution in [0.3, 0.4) is 0 Å². The SMILES string of the molecule is CCC(Cc1ccc(Cl)c(-c2nc(-c3ccc(C(F)(F)F)nc3)cc(=O)[nH]2)c1F)C(N)=O. The molecule has 2 heterocycles. The van der Waals surface area contributed by atoms with Gasteiger partial charge in [0.25, 0.3) is 5.56 Å². The Morgan fingerprint density at radius 1 is 1.25 bits per heavy atom. The Morgan fingerprint density at radius 2 is 1.97 bits per heavy atom. The number of carbonyl (C=O) groups excluding carboxylic acids is 1. The van der Waals surface area contributed by atoms with Crippen LogP contribution in [-0.4, -0.2) is 20.9 Å². The Labute approximate surface area is 184 Å². The maximum atomic E-state index is 15.3. The second-order valence-electron chi connectivity index (χ2n) is 7.02. The first-order valence-electron chi connectivity index (χ1n) is 9.42. The third-order valence-corrected chi connectivity index (χ3v) is 5.18. The van der Waals surface area contributed by atoms with Crippen molar-refractivity contribution in [3.8, 4) is 22.6 Å². The molecule has 0 radical (unpaired) electrons. The minimum Gasteiger partial charge on any atom is -0.369 e. The van der Waals surface area contributed by atoms with Gasteiger partial charge in [0.15, 0.2) is 0 Å². The minimum atomic E-state index is -4.62. The van der Waals surface area contributed by atoms with E-state index in [0.717, 1.165) is 24.4 Å². The van der Waals surface area contributed by atoms with Crippen molar-refractivity contribution in [3.63, 3.8) is 0 Å². The molecule has 1 unspecified atom stereocenters. The molecule has 1 amide bonds. The number of nitrogens with zero attached hydrogens (tertiary/aromatic N) is 2. The maximum Gasteiger partial charge on any atom is 0.433 e. The van der Waals surface area contributed by atoms with Crippen LogP contribution in [0, 0.1) is 11.7 Å². The summed E-state index contributed by atoms with van der Waals surface area (Å²) in [5, 5.41) is -0.0517. The van der Waals surface area contributed by atoms with Gasteiger partial charge in [0.05, 0.1) is 16.3 Å². The van der Waals surface area contributed by atoms with Crippen molar-refractivity contribution >= 4 is 17.5 Å². The first-order valence-corrected chi connectivity index (χ1v) is 9.80. The zero-order valence-corrected chi connectivity index (χ0v) is 17.4. The van der Waals surface area contributed by atoms with Gasteiger partial charge in [0.2, 0.25) is 5.91 Å². The number of benzene rings is 1. The Kier molecular flexibility index (Phi) is 6.63. The number of aromatic nitrogens is 3. The fraction of sp³-hybridized carbons (Fsp3) is 0.238. The first-order chi connectivity index (χ1) is 15.0. The Hall–Kier alpha value is -3.27. The lowest BCUT2D eigenvalue weighted by Crippen LogP contribution is -2.24. The van der Waals surface area contributed by atoms with E-state index in [1.165, 1.54) is 12.1 Å². The van der Waals surface area contributed by atoms with Crippen molar-refractivity contribution in [2.45, 2.75) is 25.9 Å². The van der Waals surface area contributed by atoms with E-state index in [9.17, 15) is 22.8 Å². The van der Waals surface area contributed by atoms with Gasteiger partial charge in [-0.15, -0.1) is 0 Å². The average Bonchev–Trinajstić information content (AvgIpc) is 2.72. The standard InChI is InChI=1S/C21H17ClF4N4O2/c1-2-10(19(27)32)7-11-3-5-13(22)17(18(11)23)20-29-14(8-16(31)30-20)12-4-6-15(28-9-12)21(24,25)26/h3-6,8-10H,2,7H2,1H3,(H2,27,32)(H,29,30,31). The van der Waals surface area contributed by atoms with Gasteiger partial charge in [-0.1, -0.05) is 24.6 Å². The van der Waals surface area contributed by atoms with Gasteiger partial charge in [-0.05, 0) is 36.6 Å². The molecule has 0 spiro atoms. The molecule has 6 nitrogen and oxygen atoms in total. The lowest BCUT2D eigenvalue weighted by atomic mass is 9.94. The van der Waals surface area contributed by atoms with Crippen molar-refractivity contribution in [2.24, 2.45) is 11.7 Å². The van der Waals surface area contributed by atoms with Crippen LogP contribution in [-0.2, 0) is 17.4 Å². The summed E-state index contributed by atoms with van der Waals surface area (Å²) >= 11 is 6.16. The van der Waals surface area contributed by atoms with Gasteiger partial charge in [0, 0.05) is 23.7 Å². The number of alkyl halides is 3. The third-order valence-electron chi connectivity index (χ3n) is 4.86. The fourth-order valence-corrected chi connectivity index (χ4v) is 3.35. The molecule has 3 aromatic rings. The minimum absolute atomic E-state index is 0.0191. The highest BCUT2D eigenvalue weighted by Crippen LogP contribution is 2.33.